The second-order valence-corrected chi connectivity index (χ2v) is 12.1. The van der Waals surface area contributed by atoms with E-state index in [0.29, 0.717) is 30.0 Å². The molecule has 52 heavy (non-hydrogen) atoms. The Morgan fingerprint density at radius 2 is 1.21 bits per heavy atom. The van der Waals surface area contributed by atoms with E-state index in [9.17, 15) is 9.59 Å². The third-order valence-electron chi connectivity index (χ3n) is 8.02. The molecule has 1 aliphatic rings. The Bertz CT molecular complexity index is 1670. The van der Waals surface area contributed by atoms with Crippen molar-refractivity contribution >= 4 is 11.9 Å². The van der Waals surface area contributed by atoms with Crippen LogP contribution in [0.1, 0.15) is 74.7 Å². The number of ether oxygens (including phenoxy) is 4. The number of benzene rings is 3. The van der Waals surface area contributed by atoms with Crippen molar-refractivity contribution in [3.05, 3.63) is 168 Å². The molecular weight excluding hydrogens is 650 g/mol. The average Bonchev–Trinajstić information content (AvgIpc) is 3.64. The molecule has 0 aromatic heterocycles. The SMILES string of the molecule is CCC=CCC=CCC=CCC=CCC=CCC=CCC(=O)OC(=O)C(NCc1ccccc1)C(OCc1ccccc1)c1ccc2c(c1)OCO2. The molecular formula is C45H51NO6. The Morgan fingerprint density at radius 1 is 0.673 bits per heavy atom. The lowest BCUT2D eigenvalue weighted by molar-refractivity contribution is -0.163. The highest BCUT2D eigenvalue weighted by atomic mass is 16.7. The number of carbonyl (C=O) groups excluding carboxylic acids is 2. The summed E-state index contributed by atoms with van der Waals surface area (Å²) in [6, 6.07) is 23.9. The van der Waals surface area contributed by atoms with Crippen molar-refractivity contribution in [2.75, 3.05) is 6.79 Å². The van der Waals surface area contributed by atoms with E-state index in [0.717, 1.165) is 43.2 Å². The van der Waals surface area contributed by atoms with Crippen LogP contribution in [-0.2, 0) is 32.2 Å². The second kappa shape index (κ2) is 24.0. The van der Waals surface area contributed by atoms with Crippen LogP contribution in [-0.4, -0.2) is 24.8 Å². The Balaban J connectivity index is 1.29. The van der Waals surface area contributed by atoms with Gasteiger partial charge in [0.05, 0.1) is 13.0 Å². The molecule has 1 heterocycles. The van der Waals surface area contributed by atoms with E-state index in [2.05, 4.69) is 73.0 Å². The summed E-state index contributed by atoms with van der Waals surface area (Å²) in [4.78, 5) is 26.6. The van der Waals surface area contributed by atoms with Crippen LogP contribution in [0.5, 0.6) is 11.5 Å². The van der Waals surface area contributed by atoms with Gasteiger partial charge in [0, 0.05) is 6.54 Å². The molecule has 0 amide bonds. The summed E-state index contributed by atoms with van der Waals surface area (Å²) in [6.45, 7) is 2.86. The van der Waals surface area contributed by atoms with Crippen molar-refractivity contribution in [3.8, 4) is 11.5 Å². The predicted octanol–water partition coefficient (Wildman–Crippen LogP) is 9.99. The quantitative estimate of drug-likeness (QED) is 0.0634. The van der Waals surface area contributed by atoms with Crippen LogP contribution in [0, 0.1) is 0 Å². The fourth-order valence-corrected chi connectivity index (χ4v) is 5.29. The number of hydrogen-bond donors (Lipinski definition) is 1. The van der Waals surface area contributed by atoms with E-state index in [-0.39, 0.29) is 19.8 Å². The fourth-order valence-electron chi connectivity index (χ4n) is 5.29. The number of rotatable bonds is 22. The topological polar surface area (TPSA) is 83.1 Å². The molecule has 7 nitrogen and oxygen atoms in total. The fraction of sp³-hybridized carbons (Fsp3) is 0.289. The molecule has 2 unspecified atom stereocenters. The highest BCUT2D eigenvalue weighted by Crippen LogP contribution is 2.36. The minimum absolute atomic E-state index is 0.0264. The summed E-state index contributed by atoms with van der Waals surface area (Å²) in [5.41, 5.74) is 2.60. The lowest BCUT2D eigenvalue weighted by atomic mass is 10.0. The highest BCUT2D eigenvalue weighted by molar-refractivity contribution is 5.89. The largest absolute Gasteiger partial charge is 0.454 e. The van der Waals surface area contributed by atoms with Gasteiger partial charge in [-0.3, -0.25) is 10.1 Å². The van der Waals surface area contributed by atoms with E-state index >= 15 is 0 Å². The number of allylic oxidation sites excluding steroid dienone is 11. The maximum absolute atomic E-state index is 13.7. The molecule has 0 spiro atoms. The zero-order valence-corrected chi connectivity index (χ0v) is 30.1. The number of carbonyl (C=O) groups is 2. The first-order valence-electron chi connectivity index (χ1n) is 18.1. The van der Waals surface area contributed by atoms with Gasteiger partial charge in [0.2, 0.25) is 6.79 Å². The molecule has 0 bridgehead atoms. The van der Waals surface area contributed by atoms with Crippen molar-refractivity contribution in [1.82, 2.24) is 5.32 Å². The van der Waals surface area contributed by atoms with Gasteiger partial charge in [0.1, 0.15) is 12.1 Å². The van der Waals surface area contributed by atoms with Gasteiger partial charge in [-0.1, -0.05) is 147 Å². The van der Waals surface area contributed by atoms with Crippen LogP contribution in [0.2, 0.25) is 0 Å². The maximum atomic E-state index is 13.7. The molecule has 3 aromatic carbocycles. The Labute approximate surface area is 309 Å². The van der Waals surface area contributed by atoms with E-state index < -0.39 is 24.1 Å². The van der Waals surface area contributed by atoms with Crippen molar-refractivity contribution in [3.63, 3.8) is 0 Å². The van der Waals surface area contributed by atoms with Gasteiger partial charge in [-0.15, -0.1) is 0 Å². The smallest absolute Gasteiger partial charge is 0.333 e. The highest BCUT2D eigenvalue weighted by Gasteiger charge is 2.34. The lowest BCUT2D eigenvalue weighted by Gasteiger charge is -2.27. The summed E-state index contributed by atoms with van der Waals surface area (Å²) >= 11 is 0. The monoisotopic (exact) mass is 701 g/mol. The second-order valence-electron chi connectivity index (χ2n) is 12.1. The third-order valence-corrected chi connectivity index (χ3v) is 8.02. The molecule has 0 saturated carbocycles. The summed E-state index contributed by atoms with van der Waals surface area (Å²) in [7, 11) is 0. The number of nitrogens with one attached hydrogen (secondary N) is 1. The van der Waals surface area contributed by atoms with Crippen molar-refractivity contribution < 1.29 is 28.5 Å². The number of fused-ring (bicyclic) bond motifs is 1. The van der Waals surface area contributed by atoms with Gasteiger partial charge in [0.15, 0.2) is 11.5 Å². The molecule has 3 aromatic rings. The molecule has 0 saturated heterocycles. The normalized spacial score (nSPS) is 14.1. The van der Waals surface area contributed by atoms with Crippen LogP contribution in [0.25, 0.3) is 0 Å². The first-order valence-corrected chi connectivity index (χ1v) is 18.1. The van der Waals surface area contributed by atoms with Gasteiger partial charge < -0.3 is 18.9 Å². The summed E-state index contributed by atoms with van der Waals surface area (Å²) in [5, 5.41) is 3.31. The molecule has 4 rings (SSSR count). The molecule has 1 aliphatic heterocycles. The summed E-state index contributed by atoms with van der Waals surface area (Å²) in [5.74, 6) is -0.171. The van der Waals surface area contributed by atoms with Crippen molar-refractivity contribution in [2.24, 2.45) is 0 Å². The molecule has 272 valence electrons. The molecule has 2 atom stereocenters. The minimum Gasteiger partial charge on any atom is -0.454 e. The van der Waals surface area contributed by atoms with E-state index in [1.54, 1.807) is 12.1 Å². The van der Waals surface area contributed by atoms with Crippen LogP contribution >= 0.6 is 0 Å². The lowest BCUT2D eigenvalue weighted by Crippen LogP contribution is -2.44. The maximum Gasteiger partial charge on any atom is 0.333 e. The summed E-state index contributed by atoms with van der Waals surface area (Å²) < 4.78 is 23.0. The van der Waals surface area contributed by atoms with E-state index in [1.807, 2.05) is 78.9 Å². The number of hydrogen-bond acceptors (Lipinski definition) is 7. The molecule has 0 aliphatic carbocycles. The standard InChI is InChI=1S/C45H51NO6/c1-2-3-4-5-6-7-8-9-10-11-12-13-14-15-16-17-18-25-30-42(47)52-45(48)43(46-34-37-26-21-19-22-27-37)44(49-35-38-28-23-20-24-29-38)39-31-32-40-41(33-39)51-36-50-40/h3-4,6-7,9-10,12-13,15-16,18-29,31-33,43-44,46H,2,5,8,11,14,17,30,34-36H2,1H3. The zero-order chi connectivity index (χ0) is 36.5. The number of esters is 2. The van der Waals surface area contributed by atoms with Crippen LogP contribution in [0.15, 0.2) is 152 Å². The first-order chi connectivity index (χ1) is 25.6. The van der Waals surface area contributed by atoms with Gasteiger partial charge >= 0.3 is 11.9 Å². The van der Waals surface area contributed by atoms with Gasteiger partial charge in [-0.2, -0.15) is 0 Å². The van der Waals surface area contributed by atoms with Gasteiger partial charge in [0.25, 0.3) is 0 Å². The minimum atomic E-state index is -1.00. The third kappa shape index (κ3) is 14.9. The average molecular weight is 702 g/mol. The first kappa shape index (κ1) is 39.5. The molecule has 0 fully saturated rings. The Hall–Kier alpha value is -5.24. The van der Waals surface area contributed by atoms with Crippen LogP contribution in [0.3, 0.4) is 0 Å². The molecule has 0 radical (unpaired) electrons. The molecule has 1 N–H and O–H groups in total. The Kier molecular flexibility index (Phi) is 18.3. The predicted molar refractivity (Wildman–Crippen MR) is 208 cm³/mol. The van der Waals surface area contributed by atoms with Gasteiger partial charge in [-0.25, -0.2) is 4.79 Å². The zero-order valence-electron chi connectivity index (χ0n) is 30.1. The van der Waals surface area contributed by atoms with E-state index in [4.69, 9.17) is 18.9 Å². The Morgan fingerprint density at radius 3 is 1.81 bits per heavy atom. The van der Waals surface area contributed by atoms with Crippen LogP contribution in [0.4, 0.5) is 0 Å². The molecule has 7 heteroatoms. The van der Waals surface area contributed by atoms with Gasteiger partial charge in [-0.05, 0) is 67.3 Å². The van der Waals surface area contributed by atoms with Crippen molar-refractivity contribution in [2.45, 2.75) is 77.2 Å². The summed E-state index contributed by atoms with van der Waals surface area (Å²) in [6.07, 6.45) is 29.8. The van der Waals surface area contributed by atoms with Crippen LogP contribution < -0.4 is 14.8 Å². The van der Waals surface area contributed by atoms with Crippen molar-refractivity contribution in [1.29, 1.82) is 0 Å². The van der Waals surface area contributed by atoms with E-state index in [1.165, 1.54) is 0 Å².